The van der Waals surface area contributed by atoms with Crippen LogP contribution in [0.5, 0.6) is 0 Å². The van der Waals surface area contributed by atoms with Crippen LogP contribution < -0.4 is 0 Å². The molecule has 0 fully saturated rings. The molecule has 0 bridgehead atoms. The first-order valence-electron chi connectivity index (χ1n) is 5.01. The number of rotatable bonds is 3. The predicted octanol–water partition coefficient (Wildman–Crippen LogP) is 4.09. The van der Waals surface area contributed by atoms with Gasteiger partial charge in [0.2, 0.25) is 5.24 Å². The zero-order valence-electron chi connectivity index (χ0n) is 8.81. The molecule has 0 N–H and O–H groups in total. The Labute approximate surface area is 104 Å². The molecule has 0 aliphatic carbocycles. The summed E-state index contributed by atoms with van der Waals surface area (Å²) < 4.78 is 0. The van der Waals surface area contributed by atoms with Gasteiger partial charge in [0.25, 0.3) is 0 Å². The highest BCUT2D eigenvalue weighted by Crippen LogP contribution is 2.27. The van der Waals surface area contributed by atoms with Gasteiger partial charge in [0.1, 0.15) is 0 Å². The Morgan fingerprint density at radius 3 is 2.56 bits per heavy atom. The van der Waals surface area contributed by atoms with E-state index >= 15 is 0 Å². The standard InChI is InChI=1S/C13H11ClOS/c1-9(13(14)15)16-12-7-6-10-4-2-3-5-11(10)8-12/h2-9H,1H3. The van der Waals surface area contributed by atoms with Crippen LogP contribution in [0.25, 0.3) is 10.8 Å². The van der Waals surface area contributed by atoms with E-state index in [1.165, 1.54) is 22.5 Å². The third-order valence-electron chi connectivity index (χ3n) is 2.35. The normalized spacial score (nSPS) is 12.6. The van der Waals surface area contributed by atoms with Crippen LogP contribution in [0.1, 0.15) is 6.92 Å². The van der Waals surface area contributed by atoms with Gasteiger partial charge in [-0.3, -0.25) is 4.79 Å². The molecule has 0 aromatic heterocycles. The lowest BCUT2D eigenvalue weighted by Crippen LogP contribution is -2.04. The van der Waals surface area contributed by atoms with Crippen molar-refractivity contribution in [2.75, 3.05) is 0 Å². The number of halogens is 1. The summed E-state index contributed by atoms with van der Waals surface area (Å²) in [7, 11) is 0. The molecule has 0 aliphatic rings. The van der Waals surface area contributed by atoms with Gasteiger partial charge < -0.3 is 0 Å². The summed E-state index contributed by atoms with van der Waals surface area (Å²) in [6.07, 6.45) is 0. The lowest BCUT2D eigenvalue weighted by atomic mass is 10.1. The van der Waals surface area contributed by atoms with Gasteiger partial charge in [0.05, 0.1) is 5.25 Å². The highest BCUT2D eigenvalue weighted by molar-refractivity contribution is 8.00. The third kappa shape index (κ3) is 2.57. The molecular formula is C13H11ClOS. The Morgan fingerprint density at radius 2 is 1.88 bits per heavy atom. The van der Waals surface area contributed by atoms with Crippen LogP contribution in [0.2, 0.25) is 0 Å². The maximum absolute atomic E-state index is 11.0. The van der Waals surface area contributed by atoms with Crippen molar-refractivity contribution >= 4 is 39.4 Å². The Hall–Kier alpha value is -0.990. The summed E-state index contributed by atoms with van der Waals surface area (Å²) in [6, 6.07) is 14.3. The van der Waals surface area contributed by atoms with Gasteiger partial charge in [0, 0.05) is 4.90 Å². The third-order valence-corrected chi connectivity index (χ3v) is 3.90. The number of fused-ring (bicyclic) bond motifs is 1. The van der Waals surface area contributed by atoms with Gasteiger partial charge in [-0.15, -0.1) is 11.8 Å². The molecule has 82 valence electrons. The largest absolute Gasteiger partial charge is 0.280 e. The van der Waals surface area contributed by atoms with Crippen molar-refractivity contribution in [1.29, 1.82) is 0 Å². The highest BCUT2D eigenvalue weighted by Gasteiger charge is 2.11. The van der Waals surface area contributed by atoms with Gasteiger partial charge in [0.15, 0.2) is 0 Å². The van der Waals surface area contributed by atoms with Crippen LogP contribution in [-0.4, -0.2) is 10.5 Å². The molecule has 2 aromatic carbocycles. The monoisotopic (exact) mass is 250 g/mol. The fraction of sp³-hybridized carbons (Fsp3) is 0.154. The second-order valence-electron chi connectivity index (χ2n) is 3.57. The van der Waals surface area contributed by atoms with Crippen molar-refractivity contribution in [2.45, 2.75) is 17.1 Å². The molecule has 1 unspecified atom stereocenters. The van der Waals surface area contributed by atoms with Crippen LogP contribution in [0.3, 0.4) is 0 Å². The summed E-state index contributed by atoms with van der Waals surface area (Å²) in [5.41, 5.74) is 0. The zero-order chi connectivity index (χ0) is 11.5. The average Bonchev–Trinajstić information content (AvgIpc) is 2.28. The molecule has 0 heterocycles. The molecule has 0 spiro atoms. The SMILES string of the molecule is CC(Sc1ccc2ccccc2c1)C(=O)Cl. The summed E-state index contributed by atoms with van der Waals surface area (Å²) >= 11 is 6.92. The minimum absolute atomic E-state index is 0.206. The number of carbonyl (C=O) groups excluding carboxylic acids is 1. The first kappa shape index (κ1) is 11.5. The number of thioether (sulfide) groups is 1. The Bertz CT molecular complexity index is 524. The molecule has 1 nitrogen and oxygen atoms in total. The summed E-state index contributed by atoms with van der Waals surface area (Å²) in [5.74, 6) is 0. The zero-order valence-corrected chi connectivity index (χ0v) is 10.4. The smallest absolute Gasteiger partial charge is 0.234 e. The molecule has 2 rings (SSSR count). The van der Waals surface area contributed by atoms with Gasteiger partial charge in [-0.25, -0.2) is 0 Å². The molecule has 0 amide bonds. The van der Waals surface area contributed by atoms with E-state index in [2.05, 4.69) is 24.3 Å². The fourth-order valence-electron chi connectivity index (χ4n) is 1.49. The van der Waals surface area contributed by atoms with Crippen LogP contribution >= 0.6 is 23.4 Å². The van der Waals surface area contributed by atoms with Gasteiger partial charge in [-0.05, 0) is 41.4 Å². The predicted molar refractivity (Wildman–Crippen MR) is 70.1 cm³/mol. The number of carbonyl (C=O) groups is 1. The van der Waals surface area contributed by atoms with E-state index in [1.54, 1.807) is 0 Å². The topological polar surface area (TPSA) is 17.1 Å². The molecule has 0 aliphatic heterocycles. The van der Waals surface area contributed by atoms with Crippen LogP contribution in [0.15, 0.2) is 47.4 Å². The Morgan fingerprint density at radius 1 is 1.19 bits per heavy atom. The van der Waals surface area contributed by atoms with E-state index < -0.39 is 0 Å². The van der Waals surface area contributed by atoms with E-state index in [-0.39, 0.29) is 10.5 Å². The van der Waals surface area contributed by atoms with Crippen molar-refractivity contribution in [1.82, 2.24) is 0 Å². The van der Waals surface area contributed by atoms with Crippen molar-refractivity contribution < 1.29 is 4.79 Å². The molecule has 3 heteroatoms. The minimum Gasteiger partial charge on any atom is -0.280 e. The van der Waals surface area contributed by atoms with E-state index in [1.807, 2.05) is 25.1 Å². The van der Waals surface area contributed by atoms with Crippen molar-refractivity contribution in [3.63, 3.8) is 0 Å². The van der Waals surface area contributed by atoms with E-state index in [0.717, 1.165) is 4.90 Å². The van der Waals surface area contributed by atoms with Crippen molar-refractivity contribution in [2.24, 2.45) is 0 Å². The molecular weight excluding hydrogens is 240 g/mol. The fourth-order valence-corrected chi connectivity index (χ4v) is 2.47. The summed E-state index contributed by atoms with van der Waals surface area (Å²) in [4.78, 5) is 12.0. The molecule has 0 radical (unpaired) electrons. The van der Waals surface area contributed by atoms with Crippen LogP contribution in [-0.2, 0) is 4.79 Å². The van der Waals surface area contributed by atoms with Gasteiger partial charge in [-0.2, -0.15) is 0 Å². The summed E-state index contributed by atoms with van der Waals surface area (Å²) in [6.45, 7) is 1.81. The van der Waals surface area contributed by atoms with Gasteiger partial charge in [-0.1, -0.05) is 30.3 Å². The first-order valence-corrected chi connectivity index (χ1v) is 6.27. The Balaban J connectivity index is 2.29. The van der Waals surface area contributed by atoms with E-state index in [0.29, 0.717) is 0 Å². The molecule has 2 aromatic rings. The molecule has 0 saturated heterocycles. The lowest BCUT2D eigenvalue weighted by Gasteiger charge is -2.06. The van der Waals surface area contributed by atoms with Crippen LogP contribution in [0.4, 0.5) is 0 Å². The quantitative estimate of drug-likeness (QED) is 0.603. The molecule has 16 heavy (non-hydrogen) atoms. The van der Waals surface area contributed by atoms with Crippen LogP contribution in [0, 0.1) is 0 Å². The number of benzene rings is 2. The molecule has 0 saturated carbocycles. The second-order valence-corrected chi connectivity index (χ2v) is 5.36. The van der Waals surface area contributed by atoms with E-state index in [4.69, 9.17) is 11.6 Å². The average molecular weight is 251 g/mol. The minimum atomic E-state index is -0.307. The maximum Gasteiger partial charge on any atom is 0.234 e. The van der Waals surface area contributed by atoms with E-state index in [9.17, 15) is 4.79 Å². The Kier molecular flexibility index (Phi) is 3.52. The van der Waals surface area contributed by atoms with Gasteiger partial charge >= 0.3 is 0 Å². The van der Waals surface area contributed by atoms with Crippen molar-refractivity contribution in [3.8, 4) is 0 Å². The number of hydrogen-bond donors (Lipinski definition) is 0. The number of hydrogen-bond acceptors (Lipinski definition) is 2. The second kappa shape index (κ2) is 4.89. The van der Waals surface area contributed by atoms with Crippen molar-refractivity contribution in [3.05, 3.63) is 42.5 Å². The highest BCUT2D eigenvalue weighted by atomic mass is 35.5. The maximum atomic E-state index is 11.0. The summed E-state index contributed by atoms with van der Waals surface area (Å²) in [5, 5.41) is 1.87. The first-order chi connectivity index (χ1) is 7.66. The lowest BCUT2D eigenvalue weighted by molar-refractivity contribution is -0.111. The molecule has 1 atom stereocenters.